The van der Waals surface area contributed by atoms with E-state index in [0.29, 0.717) is 23.5 Å². The fraction of sp³-hybridized carbons (Fsp3) is 0.385. The molecule has 5 rings (SSSR count). The third kappa shape index (κ3) is 5.01. The first-order valence-corrected chi connectivity index (χ1v) is 12.7. The number of ether oxygens (including phenoxy) is 1. The minimum Gasteiger partial charge on any atom is -0.497 e. The molecule has 34 heavy (non-hydrogen) atoms. The molecule has 0 radical (unpaired) electrons. The molecule has 2 aromatic carbocycles. The van der Waals surface area contributed by atoms with Crippen LogP contribution in [0.4, 0.5) is 0 Å². The molecule has 176 valence electrons. The van der Waals surface area contributed by atoms with E-state index in [-0.39, 0.29) is 17.7 Å². The zero-order chi connectivity index (χ0) is 23.3. The monoisotopic (exact) mass is 476 g/mol. The van der Waals surface area contributed by atoms with Crippen LogP contribution in [0.3, 0.4) is 0 Å². The van der Waals surface area contributed by atoms with Gasteiger partial charge in [-0.05, 0) is 36.1 Å². The van der Waals surface area contributed by atoms with Crippen LogP contribution in [-0.2, 0) is 4.79 Å². The smallest absolute Gasteiger partial charge is 0.277 e. The highest BCUT2D eigenvalue weighted by molar-refractivity contribution is 7.99. The Morgan fingerprint density at radius 2 is 1.82 bits per heavy atom. The van der Waals surface area contributed by atoms with E-state index >= 15 is 0 Å². The van der Waals surface area contributed by atoms with Gasteiger partial charge in [-0.25, -0.2) is 5.01 Å². The van der Waals surface area contributed by atoms with Gasteiger partial charge >= 0.3 is 0 Å². The second kappa shape index (κ2) is 10.4. The highest BCUT2D eigenvalue weighted by Crippen LogP contribution is 2.35. The lowest BCUT2D eigenvalue weighted by molar-refractivity contribution is -0.130. The van der Waals surface area contributed by atoms with E-state index in [0.717, 1.165) is 35.4 Å². The van der Waals surface area contributed by atoms with Crippen LogP contribution in [0.1, 0.15) is 67.5 Å². The number of rotatable bonds is 7. The zero-order valence-electron chi connectivity index (χ0n) is 19.2. The standard InChI is InChI=1S/C26H28N4O3S/c1-32-21-14-12-19(13-15-21)23-16-22(18-8-4-2-5-9-18)29-30(23)24(31)17-34-26-28-27-25(33-26)20-10-6-3-7-11-20/h2,4-5,8-9,12-15,20,23H,3,6-7,10-11,16-17H2,1H3/t23-/m0/s1. The van der Waals surface area contributed by atoms with E-state index < -0.39 is 0 Å². The summed E-state index contributed by atoms with van der Waals surface area (Å²) >= 11 is 1.28. The first-order chi connectivity index (χ1) is 16.7. The maximum atomic E-state index is 13.3. The number of methoxy groups -OCH3 is 1. The lowest BCUT2D eigenvalue weighted by atomic mass is 9.89. The first kappa shape index (κ1) is 22.7. The molecule has 1 amide bonds. The van der Waals surface area contributed by atoms with Gasteiger partial charge in [0.1, 0.15) is 5.75 Å². The van der Waals surface area contributed by atoms with Gasteiger partial charge in [0.25, 0.3) is 11.1 Å². The van der Waals surface area contributed by atoms with Crippen LogP contribution < -0.4 is 4.74 Å². The molecule has 1 saturated carbocycles. The normalized spacial score (nSPS) is 18.7. The number of amides is 1. The fourth-order valence-electron chi connectivity index (χ4n) is 4.61. The van der Waals surface area contributed by atoms with E-state index in [4.69, 9.17) is 14.3 Å². The van der Waals surface area contributed by atoms with Gasteiger partial charge in [0.15, 0.2) is 0 Å². The SMILES string of the molecule is COc1ccc([C@@H]2CC(c3ccccc3)=NN2C(=O)CSc2nnc(C3CCCCC3)o2)cc1. The summed E-state index contributed by atoms with van der Waals surface area (Å²) in [7, 11) is 1.64. The van der Waals surface area contributed by atoms with Crippen molar-refractivity contribution < 1.29 is 13.9 Å². The number of aromatic nitrogens is 2. The summed E-state index contributed by atoms with van der Waals surface area (Å²) in [5.41, 5.74) is 2.95. The minimum atomic E-state index is -0.172. The molecular formula is C26H28N4O3S. The van der Waals surface area contributed by atoms with Crippen molar-refractivity contribution in [2.24, 2.45) is 5.10 Å². The van der Waals surface area contributed by atoms with Crippen molar-refractivity contribution in [1.29, 1.82) is 0 Å². The van der Waals surface area contributed by atoms with Crippen molar-refractivity contribution in [3.63, 3.8) is 0 Å². The lowest BCUT2D eigenvalue weighted by Gasteiger charge is -2.22. The van der Waals surface area contributed by atoms with E-state index in [9.17, 15) is 4.79 Å². The molecule has 0 spiro atoms. The zero-order valence-corrected chi connectivity index (χ0v) is 20.0. The van der Waals surface area contributed by atoms with Gasteiger partial charge in [0.2, 0.25) is 5.89 Å². The molecule has 7 nitrogen and oxygen atoms in total. The summed E-state index contributed by atoms with van der Waals surface area (Å²) in [6, 6.07) is 17.6. The van der Waals surface area contributed by atoms with Gasteiger partial charge in [-0.15, -0.1) is 10.2 Å². The average molecular weight is 477 g/mol. The molecule has 1 aliphatic carbocycles. The summed E-state index contributed by atoms with van der Waals surface area (Å²) in [5, 5.41) is 15.2. The van der Waals surface area contributed by atoms with Crippen molar-refractivity contribution in [3.8, 4) is 5.75 Å². The second-order valence-electron chi connectivity index (χ2n) is 8.67. The van der Waals surface area contributed by atoms with Gasteiger partial charge in [-0.1, -0.05) is 73.5 Å². The number of thioether (sulfide) groups is 1. The molecule has 2 heterocycles. The van der Waals surface area contributed by atoms with E-state index in [1.54, 1.807) is 12.1 Å². The van der Waals surface area contributed by atoms with Crippen molar-refractivity contribution in [3.05, 3.63) is 71.6 Å². The molecule has 2 aliphatic rings. The number of hydrogen-bond acceptors (Lipinski definition) is 7. The number of carbonyl (C=O) groups excluding carboxylic acids is 1. The lowest BCUT2D eigenvalue weighted by Crippen LogP contribution is -2.28. The molecule has 1 aromatic heterocycles. The van der Waals surface area contributed by atoms with Crippen molar-refractivity contribution >= 4 is 23.4 Å². The summed E-state index contributed by atoms with van der Waals surface area (Å²) in [6.45, 7) is 0. The molecule has 0 unspecified atom stereocenters. The Balaban J connectivity index is 1.31. The fourth-order valence-corrected chi connectivity index (χ4v) is 5.24. The Kier molecular flexibility index (Phi) is 6.94. The van der Waals surface area contributed by atoms with Gasteiger partial charge in [0, 0.05) is 12.3 Å². The number of hydrogen-bond donors (Lipinski definition) is 0. The summed E-state index contributed by atoms with van der Waals surface area (Å²) in [5.74, 6) is 1.93. The summed E-state index contributed by atoms with van der Waals surface area (Å²) in [4.78, 5) is 13.3. The molecule has 1 atom stereocenters. The quantitative estimate of drug-likeness (QED) is 0.413. The van der Waals surface area contributed by atoms with Crippen LogP contribution >= 0.6 is 11.8 Å². The van der Waals surface area contributed by atoms with Gasteiger partial charge in [-0.3, -0.25) is 4.79 Å². The Morgan fingerprint density at radius 1 is 1.06 bits per heavy atom. The predicted molar refractivity (Wildman–Crippen MR) is 131 cm³/mol. The van der Waals surface area contributed by atoms with E-state index in [1.165, 1.54) is 31.0 Å². The van der Waals surface area contributed by atoms with Crippen LogP contribution in [0.5, 0.6) is 5.75 Å². The maximum Gasteiger partial charge on any atom is 0.277 e. The maximum absolute atomic E-state index is 13.3. The molecule has 0 N–H and O–H groups in total. The third-order valence-corrected chi connectivity index (χ3v) is 7.27. The molecular weight excluding hydrogens is 448 g/mol. The van der Waals surface area contributed by atoms with Gasteiger partial charge in [-0.2, -0.15) is 5.10 Å². The highest BCUT2D eigenvalue weighted by atomic mass is 32.2. The summed E-state index contributed by atoms with van der Waals surface area (Å²) < 4.78 is 11.2. The molecule has 1 aliphatic heterocycles. The van der Waals surface area contributed by atoms with Crippen LogP contribution in [0.25, 0.3) is 0 Å². The van der Waals surface area contributed by atoms with E-state index in [2.05, 4.69) is 10.2 Å². The number of hydrazone groups is 1. The van der Waals surface area contributed by atoms with Crippen LogP contribution in [0.15, 0.2) is 69.3 Å². The summed E-state index contributed by atoms with van der Waals surface area (Å²) in [6.07, 6.45) is 6.53. The third-order valence-electron chi connectivity index (χ3n) is 6.47. The number of nitrogens with zero attached hydrogens (tertiary/aromatic N) is 4. The Labute approximate surface area is 203 Å². The van der Waals surface area contributed by atoms with Crippen LogP contribution in [-0.4, -0.2) is 39.7 Å². The van der Waals surface area contributed by atoms with Crippen molar-refractivity contribution in [2.75, 3.05) is 12.9 Å². The van der Waals surface area contributed by atoms with Crippen molar-refractivity contribution in [2.45, 2.75) is 55.7 Å². The number of benzene rings is 2. The largest absolute Gasteiger partial charge is 0.497 e. The molecule has 0 bridgehead atoms. The van der Waals surface area contributed by atoms with Crippen LogP contribution in [0, 0.1) is 0 Å². The number of carbonyl (C=O) groups is 1. The predicted octanol–water partition coefficient (Wildman–Crippen LogP) is 5.60. The Bertz CT molecular complexity index is 1140. The highest BCUT2D eigenvalue weighted by Gasteiger charge is 2.33. The Morgan fingerprint density at radius 3 is 2.56 bits per heavy atom. The first-order valence-electron chi connectivity index (χ1n) is 11.8. The van der Waals surface area contributed by atoms with Crippen molar-refractivity contribution in [1.82, 2.24) is 15.2 Å². The second-order valence-corrected chi connectivity index (χ2v) is 9.60. The molecule has 0 saturated heterocycles. The van der Waals surface area contributed by atoms with Crippen LogP contribution in [0.2, 0.25) is 0 Å². The Hall–Kier alpha value is -3.13. The van der Waals surface area contributed by atoms with Gasteiger partial charge in [0.05, 0.1) is 24.6 Å². The van der Waals surface area contributed by atoms with Gasteiger partial charge < -0.3 is 9.15 Å². The molecule has 8 heteroatoms. The molecule has 1 fully saturated rings. The molecule has 3 aromatic rings. The minimum absolute atomic E-state index is 0.0887. The average Bonchev–Trinajstić information content (AvgIpc) is 3.56. The van der Waals surface area contributed by atoms with E-state index in [1.807, 2.05) is 54.6 Å². The topological polar surface area (TPSA) is 80.8 Å².